The summed E-state index contributed by atoms with van der Waals surface area (Å²) in [5.41, 5.74) is 7.64. The highest BCUT2D eigenvalue weighted by atomic mass is 32.2. The van der Waals surface area contributed by atoms with Crippen molar-refractivity contribution in [3.63, 3.8) is 0 Å². The van der Waals surface area contributed by atoms with E-state index in [0.29, 0.717) is 13.0 Å². The van der Waals surface area contributed by atoms with Crippen LogP contribution in [-0.2, 0) is 16.0 Å². The van der Waals surface area contributed by atoms with E-state index in [1.165, 1.54) is 0 Å². The third-order valence-electron chi connectivity index (χ3n) is 2.70. The van der Waals surface area contributed by atoms with Gasteiger partial charge in [-0.05, 0) is 36.8 Å². The molecule has 0 saturated carbocycles. The van der Waals surface area contributed by atoms with Crippen LogP contribution in [0.15, 0.2) is 58.3 Å². The van der Waals surface area contributed by atoms with Gasteiger partial charge in [-0.15, -0.1) is 0 Å². The molecule has 20 heavy (non-hydrogen) atoms. The van der Waals surface area contributed by atoms with Crippen molar-refractivity contribution >= 4 is 23.4 Å². The number of carbonyl (C=O) groups is 1. The molecule has 2 rings (SSSR count). The standard InChI is InChI=1S/C16H17NO2S/c1-2-19-16(18)11-12-6-5-7-13(10-12)20-15-9-4-3-8-14(15)17/h3-10H,2,11,17H2,1H3. The van der Waals surface area contributed by atoms with E-state index in [0.717, 1.165) is 21.0 Å². The van der Waals surface area contributed by atoms with Crippen molar-refractivity contribution in [1.82, 2.24) is 0 Å². The Hall–Kier alpha value is -1.94. The lowest BCUT2D eigenvalue weighted by molar-refractivity contribution is -0.142. The monoisotopic (exact) mass is 287 g/mol. The highest BCUT2D eigenvalue weighted by Crippen LogP contribution is 2.32. The number of ether oxygens (including phenoxy) is 1. The molecule has 0 amide bonds. The lowest BCUT2D eigenvalue weighted by atomic mass is 10.1. The Bertz CT molecular complexity index is 599. The van der Waals surface area contributed by atoms with Crippen molar-refractivity contribution in [1.29, 1.82) is 0 Å². The summed E-state index contributed by atoms with van der Waals surface area (Å²) in [6.07, 6.45) is 0.298. The fraction of sp³-hybridized carbons (Fsp3) is 0.188. The second kappa shape index (κ2) is 7.01. The van der Waals surface area contributed by atoms with E-state index in [1.54, 1.807) is 11.8 Å². The van der Waals surface area contributed by atoms with Crippen LogP contribution in [0, 0.1) is 0 Å². The van der Waals surface area contributed by atoms with Gasteiger partial charge in [-0.2, -0.15) is 0 Å². The van der Waals surface area contributed by atoms with Gasteiger partial charge < -0.3 is 10.5 Å². The zero-order valence-electron chi connectivity index (χ0n) is 11.3. The van der Waals surface area contributed by atoms with Gasteiger partial charge in [0, 0.05) is 15.5 Å². The van der Waals surface area contributed by atoms with Crippen LogP contribution in [0.5, 0.6) is 0 Å². The molecule has 0 aliphatic heterocycles. The summed E-state index contributed by atoms with van der Waals surface area (Å²) in [4.78, 5) is 13.6. The first-order chi connectivity index (χ1) is 9.69. The lowest BCUT2D eigenvalue weighted by Gasteiger charge is -2.07. The van der Waals surface area contributed by atoms with Gasteiger partial charge in [0.15, 0.2) is 0 Å². The normalized spacial score (nSPS) is 10.2. The average molecular weight is 287 g/mol. The van der Waals surface area contributed by atoms with E-state index < -0.39 is 0 Å². The number of hydrogen-bond donors (Lipinski definition) is 1. The minimum absolute atomic E-state index is 0.200. The molecule has 2 aromatic rings. The summed E-state index contributed by atoms with van der Waals surface area (Å²) in [5.74, 6) is -0.200. The van der Waals surface area contributed by atoms with E-state index in [4.69, 9.17) is 10.5 Å². The van der Waals surface area contributed by atoms with Crippen LogP contribution in [0.3, 0.4) is 0 Å². The van der Waals surface area contributed by atoms with E-state index in [1.807, 2.05) is 55.5 Å². The molecule has 2 aromatic carbocycles. The predicted molar refractivity (Wildman–Crippen MR) is 81.8 cm³/mol. The van der Waals surface area contributed by atoms with Crippen LogP contribution in [-0.4, -0.2) is 12.6 Å². The molecule has 4 heteroatoms. The average Bonchev–Trinajstić information content (AvgIpc) is 2.42. The summed E-state index contributed by atoms with van der Waals surface area (Å²) in [6, 6.07) is 15.6. The predicted octanol–water partition coefficient (Wildman–Crippen LogP) is 3.53. The molecule has 0 aliphatic carbocycles. The Morgan fingerprint density at radius 2 is 2.00 bits per heavy atom. The number of nitrogen functional groups attached to an aromatic ring is 1. The first-order valence-electron chi connectivity index (χ1n) is 6.46. The second-order valence-corrected chi connectivity index (χ2v) is 5.38. The zero-order valence-corrected chi connectivity index (χ0v) is 12.2. The molecule has 0 saturated heterocycles. The quantitative estimate of drug-likeness (QED) is 0.675. The maximum atomic E-state index is 11.5. The molecule has 104 valence electrons. The number of esters is 1. The van der Waals surface area contributed by atoms with Crippen LogP contribution >= 0.6 is 11.8 Å². The Balaban J connectivity index is 2.10. The van der Waals surface area contributed by atoms with Crippen molar-refractivity contribution in [2.45, 2.75) is 23.1 Å². The van der Waals surface area contributed by atoms with Crippen LogP contribution in [0.4, 0.5) is 5.69 Å². The topological polar surface area (TPSA) is 52.3 Å². The van der Waals surface area contributed by atoms with Gasteiger partial charge in [-0.25, -0.2) is 0 Å². The first-order valence-corrected chi connectivity index (χ1v) is 7.27. The number of hydrogen-bond acceptors (Lipinski definition) is 4. The molecular weight excluding hydrogens is 270 g/mol. The molecule has 0 spiro atoms. The molecule has 0 radical (unpaired) electrons. The molecule has 0 bridgehead atoms. The van der Waals surface area contributed by atoms with Crippen molar-refractivity contribution < 1.29 is 9.53 Å². The van der Waals surface area contributed by atoms with E-state index in [9.17, 15) is 4.79 Å². The number of carbonyl (C=O) groups excluding carboxylic acids is 1. The van der Waals surface area contributed by atoms with E-state index in [2.05, 4.69) is 0 Å². The summed E-state index contributed by atoms with van der Waals surface area (Å²) in [5, 5.41) is 0. The third-order valence-corrected chi connectivity index (χ3v) is 3.78. The molecule has 3 nitrogen and oxygen atoms in total. The highest BCUT2D eigenvalue weighted by molar-refractivity contribution is 7.99. The Kier molecular flexibility index (Phi) is 5.07. The maximum Gasteiger partial charge on any atom is 0.310 e. The Morgan fingerprint density at radius 1 is 1.20 bits per heavy atom. The first kappa shape index (κ1) is 14.5. The molecule has 0 aromatic heterocycles. The molecule has 0 heterocycles. The van der Waals surface area contributed by atoms with Gasteiger partial charge in [0.1, 0.15) is 0 Å². The number of para-hydroxylation sites is 1. The third kappa shape index (κ3) is 4.03. The molecule has 2 N–H and O–H groups in total. The molecule has 0 atom stereocenters. The van der Waals surface area contributed by atoms with Crippen molar-refractivity contribution in [3.05, 3.63) is 54.1 Å². The number of anilines is 1. The summed E-state index contributed by atoms with van der Waals surface area (Å²) >= 11 is 1.59. The summed E-state index contributed by atoms with van der Waals surface area (Å²) in [7, 11) is 0. The minimum Gasteiger partial charge on any atom is -0.466 e. The van der Waals surface area contributed by atoms with Gasteiger partial charge in [-0.3, -0.25) is 4.79 Å². The summed E-state index contributed by atoms with van der Waals surface area (Å²) in [6.45, 7) is 2.22. The number of benzene rings is 2. The summed E-state index contributed by atoms with van der Waals surface area (Å²) < 4.78 is 4.96. The molecule has 0 aliphatic rings. The van der Waals surface area contributed by atoms with Gasteiger partial charge in [0.2, 0.25) is 0 Å². The Labute approximate surface area is 123 Å². The largest absolute Gasteiger partial charge is 0.466 e. The Morgan fingerprint density at radius 3 is 2.75 bits per heavy atom. The minimum atomic E-state index is -0.200. The number of nitrogens with two attached hydrogens (primary N) is 1. The van der Waals surface area contributed by atoms with Crippen LogP contribution in [0.25, 0.3) is 0 Å². The highest BCUT2D eigenvalue weighted by Gasteiger charge is 2.06. The molecular formula is C16H17NO2S. The van der Waals surface area contributed by atoms with Gasteiger partial charge in [0.05, 0.1) is 13.0 Å². The van der Waals surface area contributed by atoms with Crippen molar-refractivity contribution in [2.75, 3.05) is 12.3 Å². The molecule has 0 fully saturated rings. The van der Waals surface area contributed by atoms with Crippen LogP contribution in [0.2, 0.25) is 0 Å². The van der Waals surface area contributed by atoms with Gasteiger partial charge in [0.25, 0.3) is 0 Å². The zero-order chi connectivity index (χ0) is 14.4. The van der Waals surface area contributed by atoms with Crippen molar-refractivity contribution in [2.24, 2.45) is 0 Å². The fourth-order valence-corrected chi connectivity index (χ4v) is 2.74. The maximum absolute atomic E-state index is 11.5. The lowest BCUT2D eigenvalue weighted by Crippen LogP contribution is -2.07. The van der Waals surface area contributed by atoms with E-state index >= 15 is 0 Å². The van der Waals surface area contributed by atoms with Crippen LogP contribution < -0.4 is 5.73 Å². The van der Waals surface area contributed by atoms with Gasteiger partial charge >= 0.3 is 5.97 Å². The van der Waals surface area contributed by atoms with Crippen LogP contribution in [0.1, 0.15) is 12.5 Å². The smallest absolute Gasteiger partial charge is 0.310 e. The van der Waals surface area contributed by atoms with E-state index in [-0.39, 0.29) is 5.97 Å². The van der Waals surface area contributed by atoms with Gasteiger partial charge in [-0.1, -0.05) is 36.0 Å². The number of rotatable bonds is 5. The van der Waals surface area contributed by atoms with Crippen molar-refractivity contribution in [3.8, 4) is 0 Å². The fourth-order valence-electron chi connectivity index (χ4n) is 1.80. The SMILES string of the molecule is CCOC(=O)Cc1cccc(Sc2ccccc2N)c1. The second-order valence-electron chi connectivity index (χ2n) is 4.27. The molecule has 0 unspecified atom stereocenters.